The maximum Gasteiger partial charge on any atom is 0.176 e. The molecule has 0 saturated carbocycles. The van der Waals surface area contributed by atoms with Crippen molar-refractivity contribution in [3.63, 3.8) is 0 Å². The van der Waals surface area contributed by atoms with Crippen LogP contribution in [0.4, 0.5) is 0 Å². The maximum atomic E-state index is 12.2. The summed E-state index contributed by atoms with van der Waals surface area (Å²) in [6.07, 6.45) is 3.69. The maximum absolute atomic E-state index is 12.2. The number of carbonyl (C=O) groups is 1. The Bertz CT molecular complexity index is 413. The molecule has 0 spiro atoms. The zero-order chi connectivity index (χ0) is 13.7. The highest BCUT2D eigenvalue weighted by Gasteiger charge is 2.17. The SMILES string of the molecule is COc1ccc(C(=O)CN2CCCC(C)CC2)cc1. The van der Waals surface area contributed by atoms with E-state index >= 15 is 0 Å². The lowest BCUT2D eigenvalue weighted by Gasteiger charge is -2.18. The quantitative estimate of drug-likeness (QED) is 0.780. The zero-order valence-electron chi connectivity index (χ0n) is 11.9. The molecule has 0 aromatic heterocycles. The van der Waals surface area contributed by atoms with Crippen molar-refractivity contribution in [1.29, 1.82) is 0 Å². The Morgan fingerprint density at radius 3 is 2.68 bits per heavy atom. The van der Waals surface area contributed by atoms with E-state index < -0.39 is 0 Å². The highest BCUT2D eigenvalue weighted by Crippen LogP contribution is 2.17. The molecular formula is C16H23NO2. The fourth-order valence-corrected chi connectivity index (χ4v) is 2.55. The van der Waals surface area contributed by atoms with Gasteiger partial charge in [0.1, 0.15) is 5.75 Å². The molecule has 1 saturated heterocycles. The topological polar surface area (TPSA) is 29.5 Å². The summed E-state index contributed by atoms with van der Waals surface area (Å²) < 4.78 is 5.11. The van der Waals surface area contributed by atoms with Crippen molar-refractivity contribution in [2.45, 2.75) is 26.2 Å². The Morgan fingerprint density at radius 1 is 1.26 bits per heavy atom. The lowest BCUT2D eigenvalue weighted by Crippen LogP contribution is -2.30. The van der Waals surface area contributed by atoms with E-state index in [1.54, 1.807) is 7.11 Å². The summed E-state index contributed by atoms with van der Waals surface area (Å²) in [5, 5.41) is 0. The molecule has 1 aromatic carbocycles. The number of methoxy groups -OCH3 is 1. The zero-order valence-corrected chi connectivity index (χ0v) is 11.9. The summed E-state index contributed by atoms with van der Waals surface area (Å²) in [5.74, 6) is 1.79. The molecule has 0 bridgehead atoms. The molecule has 3 nitrogen and oxygen atoms in total. The molecule has 0 amide bonds. The van der Waals surface area contributed by atoms with E-state index in [-0.39, 0.29) is 5.78 Å². The first-order chi connectivity index (χ1) is 9.19. The van der Waals surface area contributed by atoms with Crippen LogP contribution in [0.3, 0.4) is 0 Å². The fourth-order valence-electron chi connectivity index (χ4n) is 2.55. The average Bonchev–Trinajstić information content (AvgIpc) is 2.64. The number of ether oxygens (including phenoxy) is 1. The molecular weight excluding hydrogens is 238 g/mol. The van der Waals surface area contributed by atoms with Gasteiger partial charge in [0, 0.05) is 5.56 Å². The first-order valence-electron chi connectivity index (χ1n) is 7.08. The minimum Gasteiger partial charge on any atom is -0.497 e. The molecule has 3 heteroatoms. The van der Waals surface area contributed by atoms with Gasteiger partial charge in [-0.2, -0.15) is 0 Å². The number of carbonyl (C=O) groups excluding carboxylic acids is 1. The molecule has 0 aliphatic carbocycles. The molecule has 1 atom stereocenters. The second-order valence-electron chi connectivity index (χ2n) is 5.46. The Labute approximate surface area is 115 Å². The Kier molecular flexibility index (Phi) is 4.97. The number of rotatable bonds is 4. The van der Waals surface area contributed by atoms with E-state index in [9.17, 15) is 4.79 Å². The van der Waals surface area contributed by atoms with Crippen LogP contribution in [0, 0.1) is 5.92 Å². The van der Waals surface area contributed by atoms with Crippen LogP contribution in [0.5, 0.6) is 5.75 Å². The number of ketones is 1. The molecule has 1 unspecified atom stereocenters. The third kappa shape index (κ3) is 4.06. The number of Topliss-reactive ketones (excluding diaryl/α,β-unsaturated/α-hetero) is 1. The van der Waals surface area contributed by atoms with Crippen LogP contribution in [0.15, 0.2) is 24.3 Å². The number of benzene rings is 1. The molecule has 1 aromatic rings. The molecule has 2 rings (SSSR count). The van der Waals surface area contributed by atoms with Crippen LogP contribution in [0.2, 0.25) is 0 Å². The van der Waals surface area contributed by atoms with E-state index in [0.717, 1.165) is 30.3 Å². The second kappa shape index (κ2) is 6.71. The molecule has 19 heavy (non-hydrogen) atoms. The summed E-state index contributed by atoms with van der Waals surface area (Å²) in [7, 11) is 1.63. The predicted octanol–water partition coefficient (Wildman–Crippen LogP) is 3.00. The van der Waals surface area contributed by atoms with E-state index in [0.29, 0.717) is 6.54 Å². The molecule has 1 aliphatic heterocycles. The van der Waals surface area contributed by atoms with Crippen molar-refractivity contribution in [3.05, 3.63) is 29.8 Å². The highest BCUT2D eigenvalue weighted by atomic mass is 16.5. The van der Waals surface area contributed by atoms with E-state index in [1.807, 2.05) is 24.3 Å². The van der Waals surface area contributed by atoms with Gasteiger partial charge in [0.05, 0.1) is 13.7 Å². The van der Waals surface area contributed by atoms with Gasteiger partial charge in [0.2, 0.25) is 0 Å². The van der Waals surface area contributed by atoms with Gasteiger partial charge in [-0.3, -0.25) is 9.69 Å². The van der Waals surface area contributed by atoms with Gasteiger partial charge in [0.25, 0.3) is 0 Å². The van der Waals surface area contributed by atoms with Gasteiger partial charge in [-0.25, -0.2) is 0 Å². The van der Waals surface area contributed by atoms with Gasteiger partial charge in [-0.15, -0.1) is 0 Å². The van der Waals surface area contributed by atoms with Gasteiger partial charge < -0.3 is 4.74 Å². The van der Waals surface area contributed by atoms with Gasteiger partial charge in [0.15, 0.2) is 5.78 Å². The smallest absolute Gasteiger partial charge is 0.176 e. The lowest BCUT2D eigenvalue weighted by atomic mass is 10.0. The van der Waals surface area contributed by atoms with Crippen molar-refractivity contribution >= 4 is 5.78 Å². The van der Waals surface area contributed by atoms with E-state index in [4.69, 9.17) is 4.74 Å². The highest BCUT2D eigenvalue weighted by molar-refractivity contribution is 5.97. The minimum atomic E-state index is 0.206. The second-order valence-corrected chi connectivity index (χ2v) is 5.46. The van der Waals surface area contributed by atoms with Crippen molar-refractivity contribution in [2.24, 2.45) is 5.92 Å². The van der Waals surface area contributed by atoms with Crippen molar-refractivity contribution < 1.29 is 9.53 Å². The lowest BCUT2D eigenvalue weighted by molar-refractivity contribution is 0.0932. The summed E-state index contributed by atoms with van der Waals surface area (Å²) >= 11 is 0. The standard InChI is InChI=1S/C16H23NO2/c1-13-4-3-10-17(11-9-13)12-16(18)14-5-7-15(19-2)8-6-14/h5-8,13H,3-4,9-12H2,1-2H3. The minimum absolute atomic E-state index is 0.206. The van der Waals surface area contributed by atoms with Crippen LogP contribution in [0.25, 0.3) is 0 Å². The molecule has 104 valence electrons. The molecule has 1 fully saturated rings. The van der Waals surface area contributed by atoms with Crippen molar-refractivity contribution in [1.82, 2.24) is 4.90 Å². The summed E-state index contributed by atoms with van der Waals surface area (Å²) in [4.78, 5) is 14.5. The van der Waals surface area contributed by atoms with Gasteiger partial charge in [-0.1, -0.05) is 6.92 Å². The van der Waals surface area contributed by atoms with Gasteiger partial charge >= 0.3 is 0 Å². The van der Waals surface area contributed by atoms with Crippen LogP contribution in [0.1, 0.15) is 36.5 Å². The number of hydrogen-bond donors (Lipinski definition) is 0. The normalized spacial score (nSPS) is 20.8. The Morgan fingerprint density at radius 2 is 2.00 bits per heavy atom. The molecule has 1 heterocycles. The monoisotopic (exact) mass is 261 g/mol. The van der Waals surface area contributed by atoms with E-state index in [1.165, 1.54) is 19.3 Å². The van der Waals surface area contributed by atoms with Crippen molar-refractivity contribution in [3.8, 4) is 5.75 Å². The molecule has 1 aliphatic rings. The number of likely N-dealkylation sites (tertiary alicyclic amines) is 1. The third-order valence-corrected chi connectivity index (χ3v) is 3.89. The van der Waals surface area contributed by atoms with Crippen LogP contribution >= 0.6 is 0 Å². The van der Waals surface area contributed by atoms with Gasteiger partial charge in [-0.05, 0) is 62.5 Å². The third-order valence-electron chi connectivity index (χ3n) is 3.89. The van der Waals surface area contributed by atoms with Crippen molar-refractivity contribution in [2.75, 3.05) is 26.7 Å². The first kappa shape index (κ1) is 14.1. The van der Waals surface area contributed by atoms with Crippen LogP contribution in [-0.4, -0.2) is 37.4 Å². The van der Waals surface area contributed by atoms with E-state index in [2.05, 4.69) is 11.8 Å². The number of nitrogens with zero attached hydrogens (tertiary/aromatic N) is 1. The summed E-state index contributed by atoms with van der Waals surface area (Å²) in [5.41, 5.74) is 0.776. The molecule has 0 N–H and O–H groups in total. The largest absolute Gasteiger partial charge is 0.497 e. The Hall–Kier alpha value is -1.35. The van der Waals surface area contributed by atoms with Crippen LogP contribution < -0.4 is 4.74 Å². The molecule has 0 radical (unpaired) electrons. The first-order valence-corrected chi connectivity index (χ1v) is 7.08. The Balaban J connectivity index is 1.92. The van der Waals surface area contributed by atoms with Crippen LogP contribution in [-0.2, 0) is 0 Å². The predicted molar refractivity (Wildman–Crippen MR) is 76.8 cm³/mol. The number of hydrogen-bond acceptors (Lipinski definition) is 3. The summed E-state index contributed by atoms with van der Waals surface area (Å²) in [6, 6.07) is 7.39. The average molecular weight is 261 g/mol. The summed E-state index contributed by atoms with van der Waals surface area (Å²) in [6.45, 7) is 4.93. The fraction of sp³-hybridized carbons (Fsp3) is 0.562.